The Morgan fingerprint density at radius 1 is 1.16 bits per heavy atom. The molecule has 2 aliphatic heterocycles. The van der Waals surface area contributed by atoms with Gasteiger partial charge in [-0.2, -0.15) is 0 Å². The summed E-state index contributed by atoms with van der Waals surface area (Å²) in [6.07, 6.45) is 6.21. The molecule has 2 aliphatic rings. The smallest absolute Gasteiger partial charge is 0.257 e. The minimum absolute atomic E-state index is 0.0519. The molecule has 0 bridgehead atoms. The number of likely N-dealkylation sites (tertiary alicyclic amines) is 2. The molecular weight excluding hydrogens is 402 g/mol. The van der Waals surface area contributed by atoms with Gasteiger partial charge in [-0.1, -0.05) is 43.7 Å². The lowest BCUT2D eigenvalue weighted by Gasteiger charge is -2.43. The molecule has 1 aromatic carbocycles. The number of nitrogens with zero attached hydrogens (tertiary/aromatic N) is 4. The van der Waals surface area contributed by atoms with Crippen LogP contribution < -0.4 is 5.73 Å². The molecule has 0 radical (unpaired) electrons. The Bertz CT molecular complexity index is 972. The Morgan fingerprint density at radius 2 is 1.88 bits per heavy atom. The monoisotopic (exact) mass is 435 g/mol. The van der Waals surface area contributed by atoms with Crippen molar-refractivity contribution >= 4 is 17.8 Å². The summed E-state index contributed by atoms with van der Waals surface area (Å²) >= 11 is 0. The van der Waals surface area contributed by atoms with Crippen molar-refractivity contribution in [3.05, 3.63) is 53.3 Å². The number of anilines is 1. The van der Waals surface area contributed by atoms with E-state index in [4.69, 9.17) is 5.73 Å². The first-order chi connectivity index (χ1) is 15.4. The summed E-state index contributed by atoms with van der Waals surface area (Å²) < 4.78 is 0. The fourth-order valence-corrected chi connectivity index (χ4v) is 5.28. The van der Waals surface area contributed by atoms with Gasteiger partial charge < -0.3 is 15.5 Å². The third-order valence-corrected chi connectivity index (χ3v) is 7.28. The van der Waals surface area contributed by atoms with Gasteiger partial charge in [-0.15, -0.1) is 0 Å². The first-order valence-electron chi connectivity index (χ1n) is 11.6. The number of amides is 2. The number of aryl methyl sites for hydroxylation is 1. The molecule has 0 aliphatic carbocycles. The molecule has 170 valence electrons. The van der Waals surface area contributed by atoms with Gasteiger partial charge in [0.2, 0.25) is 11.9 Å². The lowest BCUT2D eigenvalue weighted by Crippen LogP contribution is -2.49. The molecule has 1 atom stereocenters. The largest absolute Gasteiger partial charge is 0.368 e. The summed E-state index contributed by atoms with van der Waals surface area (Å²) in [5.41, 5.74) is 7.53. The SMILES string of the molecule is Cc1nc(N)ncc1C(=O)N1CCC(C2(C)CCCCN(Cc3ccccc3)C2=O)CC1. The maximum absolute atomic E-state index is 13.7. The molecule has 1 unspecified atom stereocenters. The molecule has 2 amide bonds. The molecule has 2 aromatic rings. The van der Waals surface area contributed by atoms with Gasteiger partial charge in [-0.05, 0) is 44.1 Å². The van der Waals surface area contributed by atoms with E-state index in [1.54, 1.807) is 6.92 Å². The van der Waals surface area contributed by atoms with E-state index in [1.807, 2.05) is 23.1 Å². The maximum Gasteiger partial charge on any atom is 0.257 e. The van der Waals surface area contributed by atoms with Crippen LogP contribution in [0, 0.1) is 18.3 Å². The molecule has 32 heavy (non-hydrogen) atoms. The van der Waals surface area contributed by atoms with E-state index in [9.17, 15) is 9.59 Å². The number of nitrogen functional groups attached to an aromatic ring is 1. The molecule has 2 fully saturated rings. The number of nitrogens with two attached hydrogens (primary N) is 1. The zero-order valence-corrected chi connectivity index (χ0v) is 19.1. The Labute approximate surface area is 190 Å². The minimum Gasteiger partial charge on any atom is -0.368 e. The van der Waals surface area contributed by atoms with Crippen molar-refractivity contribution in [1.29, 1.82) is 0 Å². The summed E-state index contributed by atoms with van der Waals surface area (Å²) in [4.78, 5) is 38.7. The van der Waals surface area contributed by atoms with Crippen molar-refractivity contribution in [3.8, 4) is 0 Å². The molecule has 0 saturated carbocycles. The van der Waals surface area contributed by atoms with Crippen LogP contribution in [-0.4, -0.2) is 51.2 Å². The zero-order chi connectivity index (χ0) is 22.7. The number of carbonyl (C=O) groups is 2. The normalized spacial score (nSPS) is 22.6. The van der Waals surface area contributed by atoms with E-state index >= 15 is 0 Å². The molecule has 7 nitrogen and oxygen atoms in total. The van der Waals surface area contributed by atoms with E-state index in [2.05, 4.69) is 33.9 Å². The molecule has 0 spiro atoms. The number of benzene rings is 1. The van der Waals surface area contributed by atoms with Gasteiger partial charge in [0.15, 0.2) is 0 Å². The van der Waals surface area contributed by atoms with Gasteiger partial charge in [0, 0.05) is 37.8 Å². The van der Waals surface area contributed by atoms with Crippen LogP contribution in [0.1, 0.15) is 60.6 Å². The molecule has 2 saturated heterocycles. The molecule has 2 N–H and O–H groups in total. The van der Waals surface area contributed by atoms with E-state index in [-0.39, 0.29) is 29.1 Å². The average Bonchev–Trinajstić information content (AvgIpc) is 2.94. The summed E-state index contributed by atoms with van der Waals surface area (Å²) in [6, 6.07) is 10.2. The van der Waals surface area contributed by atoms with Crippen molar-refractivity contribution in [2.24, 2.45) is 11.3 Å². The highest BCUT2D eigenvalue weighted by Gasteiger charge is 2.45. The van der Waals surface area contributed by atoms with Crippen LogP contribution in [0.4, 0.5) is 5.95 Å². The van der Waals surface area contributed by atoms with Crippen LogP contribution in [0.5, 0.6) is 0 Å². The molecule has 1 aromatic heterocycles. The van der Waals surface area contributed by atoms with E-state index in [1.165, 1.54) is 11.8 Å². The van der Waals surface area contributed by atoms with Crippen molar-refractivity contribution in [2.45, 2.75) is 52.5 Å². The number of aromatic nitrogens is 2. The lowest BCUT2D eigenvalue weighted by molar-refractivity contribution is -0.145. The fraction of sp³-hybridized carbons (Fsp3) is 0.520. The Hall–Kier alpha value is -2.96. The zero-order valence-electron chi connectivity index (χ0n) is 19.1. The van der Waals surface area contributed by atoms with Crippen LogP contribution in [0.3, 0.4) is 0 Å². The highest BCUT2D eigenvalue weighted by molar-refractivity contribution is 5.95. The van der Waals surface area contributed by atoms with Crippen LogP contribution in [-0.2, 0) is 11.3 Å². The van der Waals surface area contributed by atoms with Gasteiger partial charge in [0.25, 0.3) is 5.91 Å². The summed E-state index contributed by atoms with van der Waals surface area (Å²) in [5.74, 6) is 0.673. The highest BCUT2D eigenvalue weighted by atomic mass is 16.2. The Balaban J connectivity index is 1.44. The second kappa shape index (κ2) is 9.27. The molecule has 7 heteroatoms. The summed E-state index contributed by atoms with van der Waals surface area (Å²) in [5, 5.41) is 0. The number of rotatable bonds is 4. The van der Waals surface area contributed by atoms with Crippen molar-refractivity contribution in [2.75, 3.05) is 25.4 Å². The number of hydrogen-bond donors (Lipinski definition) is 1. The lowest BCUT2D eigenvalue weighted by atomic mass is 9.69. The summed E-state index contributed by atoms with van der Waals surface area (Å²) in [6.45, 7) is 6.72. The van der Waals surface area contributed by atoms with E-state index < -0.39 is 0 Å². The van der Waals surface area contributed by atoms with Gasteiger partial charge in [0.05, 0.1) is 11.3 Å². The van der Waals surface area contributed by atoms with Crippen LogP contribution >= 0.6 is 0 Å². The van der Waals surface area contributed by atoms with Crippen LogP contribution in [0.15, 0.2) is 36.5 Å². The van der Waals surface area contributed by atoms with Crippen molar-refractivity contribution in [3.63, 3.8) is 0 Å². The van der Waals surface area contributed by atoms with Gasteiger partial charge in [0.1, 0.15) is 0 Å². The Kier molecular flexibility index (Phi) is 6.44. The molecule has 4 rings (SSSR count). The van der Waals surface area contributed by atoms with E-state index in [0.717, 1.165) is 38.6 Å². The maximum atomic E-state index is 13.7. The first-order valence-corrected chi connectivity index (χ1v) is 11.6. The minimum atomic E-state index is -0.374. The number of carbonyl (C=O) groups excluding carboxylic acids is 2. The highest BCUT2D eigenvalue weighted by Crippen LogP contribution is 2.43. The molecule has 3 heterocycles. The van der Waals surface area contributed by atoms with Crippen molar-refractivity contribution < 1.29 is 9.59 Å². The standard InChI is InChI=1S/C25H33N5O2/c1-18-21(16-27-24(26)28-18)22(31)29-14-10-20(11-15-29)25(2)12-6-7-13-30(23(25)32)17-19-8-4-3-5-9-19/h3-5,8-9,16,20H,6-7,10-15,17H2,1-2H3,(H2,26,27,28). The third-order valence-electron chi connectivity index (χ3n) is 7.28. The predicted octanol–water partition coefficient (Wildman–Crippen LogP) is 3.44. The third kappa shape index (κ3) is 4.47. The first kappa shape index (κ1) is 22.2. The quantitative estimate of drug-likeness (QED) is 0.794. The number of piperidine rings is 1. The average molecular weight is 436 g/mol. The number of hydrogen-bond acceptors (Lipinski definition) is 5. The van der Waals surface area contributed by atoms with Crippen LogP contribution in [0.25, 0.3) is 0 Å². The predicted molar refractivity (Wildman–Crippen MR) is 124 cm³/mol. The van der Waals surface area contributed by atoms with E-state index in [0.29, 0.717) is 30.9 Å². The summed E-state index contributed by atoms with van der Waals surface area (Å²) in [7, 11) is 0. The van der Waals surface area contributed by atoms with Gasteiger partial charge in [-0.25, -0.2) is 9.97 Å². The van der Waals surface area contributed by atoms with Crippen molar-refractivity contribution in [1.82, 2.24) is 19.8 Å². The van der Waals surface area contributed by atoms with Crippen LogP contribution in [0.2, 0.25) is 0 Å². The second-order valence-electron chi connectivity index (χ2n) is 9.38. The second-order valence-corrected chi connectivity index (χ2v) is 9.38. The topological polar surface area (TPSA) is 92.4 Å². The molecular formula is C25H33N5O2. The van der Waals surface area contributed by atoms with Gasteiger partial charge >= 0.3 is 0 Å². The van der Waals surface area contributed by atoms with Gasteiger partial charge in [-0.3, -0.25) is 9.59 Å². The Morgan fingerprint density at radius 3 is 2.56 bits per heavy atom. The fourth-order valence-electron chi connectivity index (χ4n) is 5.28.